The number of primary sulfonamides is 1. The number of nitrogens with zero attached hydrogens (tertiary/aromatic N) is 1. The fourth-order valence-electron chi connectivity index (χ4n) is 3.17. The molecule has 7 heteroatoms. The highest BCUT2D eigenvalue weighted by atomic mass is 32.2. The van der Waals surface area contributed by atoms with Gasteiger partial charge in [0, 0.05) is 12.6 Å². The normalized spacial score (nSPS) is 25.2. The van der Waals surface area contributed by atoms with Crippen molar-refractivity contribution < 1.29 is 17.6 Å². The molecule has 3 rings (SSSR count). The second-order valence-electron chi connectivity index (χ2n) is 5.48. The fraction of sp³-hybridized carbons (Fsp3) is 0.462. The van der Waals surface area contributed by atoms with Crippen molar-refractivity contribution in [2.45, 2.75) is 30.2 Å². The summed E-state index contributed by atoms with van der Waals surface area (Å²) in [5.41, 5.74) is -0.0926. The van der Waals surface area contributed by atoms with Crippen molar-refractivity contribution in [2.24, 2.45) is 11.1 Å². The van der Waals surface area contributed by atoms with Gasteiger partial charge in [0.1, 0.15) is 5.82 Å². The van der Waals surface area contributed by atoms with Crippen LogP contribution in [0, 0.1) is 11.7 Å². The highest BCUT2D eigenvalue weighted by Gasteiger charge is 2.40. The van der Waals surface area contributed by atoms with E-state index in [2.05, 4.69) is 0 Å². The van der Waals surface area contributed by atoms with Crippen LogP contribution in [0.2, 0.25) is 0 Å². The number of carbonyl (C=O) groups excluding carboxylic acids is 1. The first kappa shape index (κ1) is 13.5. The van der Waals surface area contributed by atoms with Gasteiger partial charge in [-0.1, -0.05) is 0 Å². The van der Waals surface area contributed by atoms with Crippen LogP contribution in [0.5, 0.6) is 0 Å². The standard InChI is InChI=1S/C13H15FN2O3S/c14-12-6-10(20(15,18)19)3-4-11(12)13(17)16-7-8-1-2-9(16)5-8/h3-4,6,8-9H,1-2,5,7H2,(H2,15,18,19). The van der Waals surface area contributed by atoms with E-state index in [1.54, 1.807) is 4.90 Å². The third kappa shape index (κ3) is 2.20. The number of piperidine rings is 1. The Balaban J connectivity index is 1.89. The molecule has 1 aliphatic heterocycles. The van der Waals surface area contributed by atoms with E-state index in [9.17, 15) is 17.6 Å². The van der Waals surface area contributed by atoms with Crippen LogP contribution in [0.3, 0.4) is 0 Å². The molecular formula is C13H15FN2O3S. The van der Waals surface area contributed by atoms with E-state index < -0.39 is 15.8 Å². The Morgan fingerprint density at radius 2 is 2.10 bits per heavy atom. The maximum Gasteiger partial charge on any atom is 0.257 e. The van der Waals surface area contributed by atoms with E-state index in [0.717, 1.165) is 25.3 Å². The van der Waals surface area contributed by atoms with Gasteiger partial charge in [-0.25, -0.2) is 17.9 Å². The Hall–Kier alpha value is -1.47. The zero-order valence-electron chi connectivity index (χ0n) is 10.8. The SMILES string of the molecule is NS(=O)(=O)c1ccc(C(=O)N2CC3CCC2C3)c(F)c1. The van der Waals surface area contributed by atoms with Crippen molar-refractivity contribution in [3.8, 4) is 0 Å². The molecule has 20 heavy (non-hydrogen) atoms. The lowest BCUT2D eigenvalue weighted by Gasteiger charge is -2.27. The van der Waals surface area contributed by atoms with Crippen LogP contribution in [-0.4, -0.2) is 31.8 Å². The van der Waals surface area contributed by atoms with E-state index in [-0.39, 0.29) is 22.4 Å². The summed E-state index contributed by atoms with van der Waals surface area (Å²) >= 11 is 0. The third-order valence-corrected chi connectivity index (χ3v) is 5.08. The molecule has 0 radical (unpaired) electrons. The first-order valence-electron chi connectivity index (χ1n) is 6.49. The molecule has 1 aromatic carbocycles. The largest absolute Gasteiger partial charge is 0.335 e. The zero-order valence-corrected chi connectivity index (χ0v) is 11.6. The minimum Gasteiger partial charge on any atom is -0.335 e. The molecule has 2 unspecified atom stereocenters. The van der Waals surface area contributed by atoms with E-state index in [1.165, 1.54) is 12.1 Å². The Bertz CT molecular complexity index is 674. The zero-order chi connectivity index (χ0) is 14.5. The van der Waals surface area contributed by atoms with Gasteiger partial charge in [-0.2, -0.15) is 0 Å². The summed E-state index contributed by atoms with van der Waals surface area (Å²) in [6.45, 7) is 0.667. The van der Waals surface area contributed by atoms with Crippen LogP contribution in [0.1, 0.15) is 29.6 Å². The summed E-state index contributed by atoms with van der Waals surface area (Å²) in [5, 5.41) is 4.93. The molecule has 1 saturated carbocycles. The van der Waals surface area contributed by atoms with Crippen LogP contribution in [0.25, 0.3) is 0 Å². The molecule has 1 saturated heterocycles. The van der Waals surface area contributed by atoms with Crippen molar-refractivity contribution in [3.63, 3.8) is 0 Å². The van der Waals surface area contributed by atoms with Gasteiger partial charge in [0.25, 0.3) is 5.91 Å². The predicted octanol–water partition coefficient (Wildman–Crippen LogP) is 1.10. The van der Waals surface area contributed by atoms with Crippen molar-refractivity contribution >= 4 is 15.9 Å². The number of hydrogen-bond donors (Lipinski definition) is 1. The van der Waals surface area contributed by atoms with Crippen LogP contribution in [-0.2, 0) is 10.0 Å². The molecule has 1 aromatic rings. The second-order valence-corrected chi connectivity index (χ2v) is 7.04. The molecule has 108 valence electrons. The second kappa shape index (κ2) is 4.53. The fourth-order valence-corrected chi connectivity index (χ4v) is 3.70. The van der Waals surface area contributed by atoms with Gasteiger partial charge < -0.3 is 4.90 Å². The van der Waals surface area contributed by atoms with E-state index >= 15 is 0 Å². The van der Waals surface area contributed by atoms with Gasteiger partial charge in [-0.3, -0.25) is 4.79 Å². The quantitative estimate of drug-likeness (QED) is 0.887. The molecule has 5 nitrogen and oxygen atoms in total. The number of sulfonamides is 1. The van der Waals surface area contributed by atoms with E-state index in [1.807, 2.05) is 0 Å². The van der Waals surface area contributed by atoms with E-state index in [0.29, 0.717) is 12.5 Å². The maximum atomic E-state index is 14.0. The number of nitrogens with two attached hydrogens (primary N) is 1. The molecule has 2 aliphatic rings. The first-order chi connectivity index (χ1) is 9.36. The molecule has 1 aliphatic carbocycles. The predicted molar refractivity (Wildman–Crippen MR) is 69.9 cm³/mol. The monoisotopic (exact) mass is 298 g/mol. The Labute approximate surface area is 116 Å². The summed E-state index contributed by atoms with van der Waals surface area (Å²) in [7, 11) is -3.96. The minimum atomic E-state index is -3.96. The maximum absolute atomic E-state index is 14.0. The molecule has 2 N–H and O–H groups in total. The number of fused-ring (bicyclic) bond motifs is 2. The van der Waals surface area contributed by atoms with Crippen LogP contribution in [0.15, 0.2) is 23.1 Å². The molecule has 1 heterocycles. The number of likely N-dealkylation sites (tertiary alicyclic amines) is 1. The van der Waals surface area contributed by atoms with Gasteiger partial charge in [-0.15, -0.1) is 0 Å². The summed E-state index contributed by atoms with van der Waals surface area (Å²) in [5.74, 6) is -0.685. The highest BCUT2D eigenvalue weighted by molar-refractivity contribution is 7.89. The van der Waals surface area contributed by atoms with Gasteiger partial charge >= 0.3 is 0 Å². The molecule has 2 fully saturated rings. The number of hydrogen-bond acceptors (Lipinski definition) is 3. The van der Waals surface area contributed by atoms with Gasteiger partial charge in [0.05, 0.1) is 10.5 Å². The number of rotatable bonds is 2. The molecule has 2 bridgehead atoms. The topological polar surface area (TPSA) is 80.5 Å². The summed E-state index contributed by atoms with van der Waals surface area (Å²) < 4.78 is 36.2. The Kier molecular flexibility index (Phi) is 3.06. The number of carbonyl (C=O) groups is 1. The van der Waals surface area contributed by atoms with Crippen molar-refractivity contribution in [1.29, 1.82) is 0 Å². The molecule has 0 aromatic heterocycles. The van der Waals surface area contributed by atoms with Gasteiger partial charge in [0.15, 0.2) is 0 Å². The smallest absolute Gasteiger partial charge is 0.257 e. The summed E-state index contributed by atoms with van der Waals surface area (Å²) in [4.78, 5) is 13.7. The lowest BCUT2D eigenvalue weighted by atomic mass is 10.1. The van der Waals surface area contributed by atoms with Crippen LogP contribution in [0.4, 0.5) is 4.39 Å². The number of amides is 1. The lowest BCUT2D eigenvalue weighted by Crippen LogP contribution is -2.38. The highest BCUT2D eigenvalue weighted by Crippen LogP contribution is 2.38. The molecular weight excluding hydrogens is 283 g/mol. The van der Waals surface area contributed by atoms with Crippen LogP contribution < -0.4 is 5.14 Å². The first-order valence-corrected chi connectivity index (χ1v) is 8.04. The van der Waals surface area contributed by atoms with Crippen LogP contribution >= 0.6 is 0 Å². The van der Waals surface area contributed by atoms with Crippen molar-refractivity contribution in [1.82, 2.24) is 4.90 Å². The summed E-state index contributed by atoms with van der Waals surface area (Å²) in [6.07, 6.45) is 3.08. The van der Waals surface area contributed by atoms with E-state index in [4.69, 9.17) is 5.14 Å². The van der Waals surface area contributed by atoms with Gasteiger partial charge in [0.2, 0.25) is 10.0 Å². The number of halogens is 1. The third-order valence-electron chi connectivity index (χ3n) is 4.17. The summed E-state index contributed by atoms with van der Waals surface area (Å²) in [6, 6.07) is 3.37. The number of benzene rings is 1. The average molecular weight is 298 g/mol. The average Bonchev–Trinajstić information content (AvgIpc) is 2.99. The lowest BCUT2D eigenvalue weighted by molar-refractivity contribution is 0.0698. The van der Waals surface area contributed by atoms with Crippen molar-refractivity contribution in [3.05, 3.63) is 29.6 Å². The molecule has 2 atom stereocenters. The minimum absolute atomic E-state index is 0.0926. The van der Waals surface area contributed by atoms with Crippen molar-refractivity contribution in [2.75, 3.05) is 6.54 Å². The van der Waals surface area contributed by atoms with Gasteiger partial charge in [-0.05, 0) is 43.4 Å². The molecule has 1 amide bonds. The Morgan fingerprint density at radius 3 is 2.60 bits per heavy atom. The molecule has 0 spiro atoms. The Morgan fingerprint density at radius 1 is 1.35 bits per heavy atom.